The fraction of sp³-hybridized carbons (Fsp3) is 0.267. The Bertz CT molecular complexity index is 550. The summed E-state index contributed by atoms with van der Waals surface area (Å²) in [5.74, 6) is 0.174. The third-order valence-corrected chi connectivity index (χ3v) is 5.28. The third kappa shape index (κ3) is 2.43. The van der Waals surface area contributed by atoms with Gasteiger partial charge in [0, 0.05) is 0 Å². The van der Waals surface area contributed by atoms with Crippen LogP contribution in [0.4, 0.5) is 0 Å². The van der Waals surface area contributed by atoms with E-state index in [0.717, 1.165) is 19.8 Å². The molecule has 0 aliphatic rings. The minimum Gasteiger partial charge on any atom is -0.292 e. The van der Waals surface area contributed by atoms with Gasteiger partial charge in [-0.15, -0.1) is 11.3 Å². The molecule has 0 aliphatic carbocycles. The van der Waals surface area contributed by atoms with Crippen molar-refractivity contribution < 1.29 is 4.79 Å². The normalized spacial score (nSPS) is 11.6. The van der Waals surface area contributed by atoms with Crippen molar-refractivity contribution in [1.29, 1.82) is 0 Å². The average Bonchev–Trinajstić information content (AvgIpc) is 2.69. The first-order valence-electron chi connectivity index (χ1n) is 5.79. The maximum atomic E-state index is 12.6. The predicted octanol–water partition coefficient (Wildman–Crippen LogP) is 4.98. The minimum absolute atomic E-state index is 0.174. The van der Waals surface area contributed by atoms with Gasteiger partial charge in [-0.1, -0.05) is 30.3 Å². The average molecular weight is 323 g/mol. The highest BCUT2D eigenvalue weighted by molar-refractivity contribution is 9.11. The number of carbonyl (C=O) groups excluding carboxylic acids is 1. The molecule has 2 aromatic rings. The van der Waals surface area contributed by atoms with Crippen molar-refractivity contribution in [3.8, 4) is 0 Å². The van der Waals surface area contributed by atoms with Gasteiger partial charge in [-0.25, -0.2) is 0 Å². The quantitative estimate of drug-likeness (QED) is 0.728. The van der Waals surface area contributed by atoms with Crippen LogP contribution in [0.25, 0.3) is 0 Å². The third-order valence-electron chi connectivity index (χ3n) is 3.14. The van der Waals surface area contributed by atoms with Gasteiger partial charge in [0.05, 0.1) is 14.1 Å². The number of benzene rings is 1. The number of carbonyl (C=O) groups is 1. The van der Waals surface area contributed by atoms with Crippen LogP contribution < -0.4 is 0 Å². The molecule has 0 unspecified atom stereocenters. The molecule has 1 heterocycles. The van der Waals surface area contributed by atoms with Crippen molar-refractivity contribution >= 4 is 33.0 Å². The molecule has 0 fully saturated rings. The van der Waals surface area contributed by atoms with Crippen molar-refractivity contribution in [2.24, 2.45) is 0 Å². The van der Waals surface area contributed by atoms with E-state index < -0.39 is 5.41 Å². The number of halogens is 1. The van der Waals surface area contributed by atoms with Gasteiger partial charge < -0.3 is 0 Å². The van der Waals surface area contributed by atoms with Crippen LogP contribution in [0.2, 0.25) is 0 Å². The van der Waals surface area contributed by atoms with Crippen LogP contribution in [-0.4, -0.2) is 5.78 Å². The van der Waals surface area contributed by atoms with Gasteiger partial charge in [0.25, 0.3) is 0 Å². The lowest BCUT2D eigenvalue weighted by atomic mass is 9.80. The number of thiophene rings is 1. The molecule has 2 rings (SSSR count). The zero-order valence-corrected chi connectivity index (χ0v) is 13.1. The summed E-state index contributed by atoms with van der Waals surface area (Å²) in [5.41, 5.74) is 1.68. The zero-order valence-electron chi connectivity index (χ0n) is 10.7. The van der Waals surface area contributed by atoms with E-state index in [9.17, 15) is 4.79 Å². The Labute approximate surface area is 120 Å². The molecule has 0 saturated carbocycles. The van der Waals surface area contributed by atoms with E-state index in [1.807, 2.05) is 57.2 Å². The standard InChI is InChI=1S/C15H15BrOS/c1-10-9-12(18-14(10)16)13(17)15(2,3)11-7-5-4-6-8-11/h4-9H,1-3H3. The number of ketones is 1. The molecule has 1 aromatic carbocycles. The van der Waals surface area contributed by atoms with Crippen LogP contribution in [-0.2, 0) is 5.41 Å². The Balaban J connectivity index is 2.39. The first kappa shape index (κ1) is 13.5. The number of rotatable bonds is 3. The summed E-state index contributed by atoms with van der Waals surface area (Å²) in [6.07, 6.45) is 0. The molecule has 18 heavy (non-hydrogen) atoms. The molecule has 0 amide bonds. The number of aryl methyl sites for hydroxylation is 1. The Morgan fingerprint density at radius 1 is 1.22 bits per heavy atom. The highest BCUT2D eigenvalue weighted by Crippen LogP contribution is 2.34. The van der Waals surface area contributed by atoms with Gasteiger partial charge in [-0.3, -0.25) is 4.79 Å². The van der Waals surface area contributed by atoms with Crippen LogP contribution in [0.3, 0.4) is 0 Å². The van der Waals surface area contributed by atoms with Crippen molar-refractivity contribution in [2.45, 2.75) is 26.2 Å². The molecular weight excluding hydrogens is 308 g/mol. The number of hydrogen-bond donors (Lipinski definition) is 0. The highest BCUT2D eigenvalue weighted by atomic mass is 79.9. The van der Waals surface area contributed by atoms with Gasteiger partial charge in [0.2, 0.25) is 0 Å². The van der Waals surface area contributed by atoms with Gasteiger partial charge in [0.1, 0.15) is 0 Å². The molecule has 1 aromatic heterocycles. The molecule has 0 saturated heterocycles. The second-order valence-corrected chi connectivity index (χ2v) is 7.26. The van der Waals surface area contributed by atoms with Crippen molar-refractivity contribution in [3.05, 3.63) is 56.2 Å². The van der Waals surface area contributed by atoms with Crippen LogP contribution in [0, 0.1) is 6.92 Å². The molecule has 0 N–H and O–H groups in total. The van der Waals surface area contributed by atoms with E-state index in [1.54, 1.807) is 0 Å². The molecule has 94 valence electrons. The molecular formula is C15H15BrOS. The molecule has 0 atom stereocenters. The van der Waals surface area contributed by atoms with Crippen molar-refractivity contribution in [2.75, 3.05) is 0 Å². The van der Waals surface area contributed by atoms with E-state index in [1.165, 1.54) is 11.3 Å². The zero-order chi connectivity index (χ0) is 13.3. The van der Waals surface area contributed by atoms with Gasteiger partial charge in [0.15, 0.2) is 5.78 Å². The summed E-state index contributed by atoms with van der Waals surface area (Å²) >= 11 is 4.98. The van der Waals surface area contributed by atoms with E-state index >= 15 is 0 Å². The lowest BCUT2D eigenvalue weighted by Gasteiger charge is -2.22. The second-order valence-electron chi connectivity index (χ2n) is 4.89. The highest BCUT2D eigenvalue weighted by Gasteiger charge is 2.31. The molecule has 0 spiro atoms. The summed E-state index contributed by atoms with van der Waals surface area (Å²) < 4.78 is 1.04. The first-order valence-corrected chi connectivity index (χ1v) is 7.40. The fourth-order valence-corrected chi connectivity index (χ4v) is 3.50. The molecule has 0 aliphatic heterocycles. The molecule has 3 heteroatoms. The summed E-state index contributed by atoms with van der Waals surface area (Å²) in [5, 5.41) is 0. The molecule has 0 radical (unpaired) electrons. The topological polar surface area (TPSA) is 17.1 Å². The van der Waals surface area contributed by atoms with Crippen LogP contribution in [0.15, 0.2) is 40.2 Å². The van der Waals surface area contributed by atoms with Crippen LogP contribution >= 0.6 is 27.3 Å². The number of hydrogen-bond acceptors (Lipinski definition) is 2. The largest absolute Gasteiger partial charge is 0.292 e. The minimum atomic E-state index is -0.488. The van der Waals surface area contributed by atoms with E-state index in [-0.39, 0.29) is 5.78 Å². The van der Waals surface area contributed by atoms with E-state index in [4.69, 9.17) is 0 Å². The van der Waals surface area contributed by atoms with Crippen LogP contribution in [0.1, 0.15) is 34.6 Å². The first-order chi connectivity index (χ1) is 8.43. The van der Waals surface area contributed by atoms with E-state index in [0.29, 0.717) is 0 Å². The lowest BCUT2D eigenvalue weighted by molar-refractivity contribution is 0.0913. The number of Topliss-reactive ketones (excluding diaryl/α,β-unsaturated/α-hetero) is 1. The molecule has 1 nitrogen and oxygen atoms in total. The lowest BCUT2D eigenvalue weighted by Crippen LogP contribution is -2.28. The fourth-order valence-electron chi connectivity index (χ4n) is 1.87. The Kier molecular flexibility index (Phi) is 3.74. The Morgan fingerprint density at radius 3 is 2.33 bits per heavy atom. The van der Waals surface area contributed by atoms with Gasteiger partial charge in [-0.05, 0) is 53.9 Å². The summed E-state index contributed by atoms with van der Waals surface area (Å²) in [4.78, 5) is 13.4. The van der Waals surface area contributed by atoms with Crippen molar-refractivity contribution in [3.63, 3.8) is 0 Å². The van der Waals surface area contributed by atoms with Gasteiger partial charge in [-0.2, -0.15) is 0 Å². The predicted molar refractivity (Wildman–Crippen MR) is 80.6 cm³/mol. The summed E-state index contributed by atoms with van der Waals surface area (Å²) in [6, 6.07) is 11.9. The maximum absolute atomic E-state index is 12.6. The smallest absolute Gasteiger partial charge is 0.182 e. The Hall–Kier alpha value is -0.930. The van der Waals surface area contributed by atoms with Gasteiger partial charge >= 0.3 is 0 Å². The maximum Gasteiger partial charge on any atom is 0.182 e. The summed E-state index contributed by atoms with van der Waals surface area (Å²) in [7, 11) is 0. The van der Waals surface area contributed by atoms with Crippen LogP contribution in [0.5, 0.6) is 0 Å². The monoisotopic (exact) mass is 322 g/mol. The summed E-state index contributed by atoms with van der Waals surface area (Å²) in [6.45, 7) is 5.97. The SMILES string of the molecule is Cc1cc(C(=O)C(C)(C)c2ccccc2)sc1Br. The Morgan fingerprint density at radius 2 is 1.83 bits per heavy atom. The van der Waals surface area contributed by atoms with E-state index in [2.05, 4.69) is 15.9 Å². The van der Waals surface area contributed by atoms with Crippen molar-refractivity contribution in [1.82, 2.24) is 0 Å². The molecule has 0 bridgehead atoms. The second kappa shape index (κ2) is 4.98.